The second-order valence-corrected chi connectivity index (χ2v) is 10.9. The van der Waals surface area contributed by atoms with Gasteiger partial charge in [-0.1, -0.05) is 32.1 Å². The van der Waals surface area contributed by atoms with Gasteiger partial charge in [0.05, 0.1) is 12.1 Å². The molecule has 4 N–H and O–H groups in total. The second-order valence-electron chi connectivity index (χ2n) is 10.9. The smallest absolute Gasteiger partial charge is 0.317 e. The average Bonchev–Trinajstić information content (AvgIpc) is 2.98. The molecule has 0 saturated carbocycles. The maximum absolute atomic E-state index is 13.5. The molecular weight excluding hydrogens is 520 g/mol. The molecule has 3 amide bonds. The molecule has 3 unspecified atom stereocenters. The second kappa shape index (κ2) is 15.5. The number of carbonyl (C=O) groups is 2. The Morgan fingerprint density at radius 3 is 2.54 bits per heavy atom. The lowest BCUT2D eigenvalue weighted by Gasteiger charge is -2.31. The Bertz CT molecular complexity index is 1100. The number of nitrogens with zero attached hydrogens (tertiary/aromatic N) is 3. The molecule has 1 saturated heterocycles. The zero-order chi connectivity index (χ0) is 29.0. The summed E-state index contributed by atoms with van der Waals surface area (Å²) in [7, 11) is 0. The fraction of sp³-hybridized carbons (Fsp3) is 0.581. The first-order chi connectivity index (χ1) is 20.0. The van der Waals surface area contributed by atoms with Gasteiger partial charge in [-0.2, -0.15) is 0 Å². The largest absolute Gasteiger partial charge is 0.486 e. The molecular formula is C31H46N6O4. The summed E-state index contributed by atoms with van der Waals surface area (Å²) in [5, 5.41) is 6.14. The van der Waals surface area contributed by atoms with Crippen LogP contribution in [0.2, 0.25) is 0 Å². The molecule has 0 aromatic carbocycles. The summed E-state index contributed by atoms with van der Waals surface area (Å²) in [6.45, 7) is 10.1. The molecule has 1 fully saturated rings. The molecule has 2 heterocycles. The van der Waals surface area contributed by atoms with Gasteiger partial charge in [0, 0.05) is 31.2 Å². The van der Waals surface area contributed by atoms with Gasteiger partial charge in [-0.15, -0.1) is 0 Å². The lowest BCUT2D eigenvalue weighted by molar-refractivity contribution is -0.115. The number of carbonyl (C=O) groups excluding carboxylic acids is 2. The minimum atomic E-state index is -0.232. The number of urea groups is 1. The van der Waals surface area contributed by atoms with Crippen LogP contribution in [0, 0.1) is 5.92 Å². The molecule has 0 spiro atoms. The van der Waals surface area contributed by atoms with Crippen molar-refractivity contribution in [3.63, 3.8) is 0 Å². The first-order valence-corrected chi connectivity index (χ1v) is 15.1. The third-order valence-corrected chi connectivity index (χ3v) is 7.54. The van der Waals surface area contributed by atoms with E-state index in [-0.39, 0.29) is 29.9 Å². The third-order valence-electron chi connectivity index (χ3n) is 7.54. The lowest BCUT2D eigenvalue weighted by atomic mass is 10.0. The summed E-state index contributed by atoms with van der Waals surface area (Å²) < 4.78 is 11.4. The van der Waals surface area contributed by atoms with E-state index in [0.29, 0.717) is 62.9 Å². The molecule has 4 aliphatic rings. The molecule has 0 aromatic heterocycles. The van der Waals surface area contributed by atoms with Crippen LogP contribution in [0.1, 0.15) is 46.0 Å². The van der Waals surface area contributed by atoms with Gasteiger partial charge >= 0.3 is 6.03 Å². The Labute approximate surface area is 244 Å². The van der Waals surface area contributed by atoms with Crippen LogP contribution < -0.4 is 16.4 Å². The Morgan fingerprint density at radius 1 is 1.05 bits per heavy atom. The number of allylic oxidation sites excluding steroid dienone is 2. The zero-order valence-electron chi connectivity index (χ0n) is 24.5. The normalized spacial score (nSPS) is 23.2. The van der Waals surface area contributed by atoms with Crippen molar-refractivity contribution in [3.05, 3.63) is 59.7 Å². The van der Waals surface area contributed by atoms with Gasteiger partial charge in [-0.25, -0.2) is 4.79 Å². The van der Waals surface area contributed by atoms with Gasteiger partial charge in [-0.05, 0) is 76.0 Å². The van der Waals surface area contributed by atoms with Gasteiger partial charge in [0.25, 0.3) is 5.91 Å². The van der Waals surface area contributed by atoms with E-state index < -0.39 is 0 Å². The van der Waals surface area contributed by atoms with Crippen LogP contribution in [0.4, 0.5) is 4.79 Å². The maximum atomic E-state index is 13.5. The summed E-state index contributed by atoms with van der Waals surface area (Å²) >= 11 is 0. The molecule has 10 heteroatoms. The van der Waals surface area contributed by atoms with E-state index >= 15 is 0 Å². The van der Waals surface area contributed by atoms with Crippen LogP contribution in [0.5, 0.6) is 0 Å². The summed E-state index contributed by atoms with van der Waals surface area (Å²) in [5.41, 5.74) is 7.05. The number of fused-ring (bicyclic) bond motifs is 1. The highest BCUT2D eigenvalue weighted by Crippen LogP contribution is 2.24. The molecule has 0 aromatic rings. The van der Waals surface area contributed by atoms with Crippen molar-refractivity contribution in [1.82, 2.24) is 20.4 Å². The fourth-order valence-electron chi connectivity index (χ4n) is 5.43. The average molecular weight is 567 g/mol. The highest BCUT2D eigenvalue weighted by atomic mass is 16.6. The fourth-order valence-corrected chi connectivity index (χ4v) is 5.43. The van der Waals surface area contributed by atoms with E-state index in [1.54, 1.807) is 12.2 Å². The summed E-state index contributed by atoms with van der Waals surface area (Å²) in [4.78, 5) is 35.2. The van der Waals surface area contributed by atoms with Crippen molar-refractivity contribution in [2.75, 3.05) is 52.5 Å². The minimum absolute atomic E-state index is 0.0218. The molecule has 0 radical (unpaired) electrons. The number of amides is 3. The molecule has 2 aliphatic carbocycles. The number of aliphatic imine (C=N–C) groups is 1. The highest BCUT2D eigenvalue weighted by molar-refractivity contribution is 6.43. The van der Waals surface area contributed by atoms with Gasteiger partial charge < -0.3 is 35.6 Å². The molecule has 0 bridgehead atoms. The number of nitrogens with two attached hydrogens (primary N) is 1. The summed E-state index contributed by atoms with van der Waals surface area (Å²) in [6.07, 6.45) is 17.8. The van der Waals surface area contributed by atoms with Crippen LogP contribution >= 0.6 is 0 Å². The third kappa shape index (κ3) is 8.98. The van der Waals surface area contributed by atoms with Crippen LogP contribution in [0.15, 0.2) is 64.7 Å². The number of ether oxygens (including phenoxy) is 2. The van der Waals surface area contributed by atoms with E-state index in [9.17, 15) is 9.59 Å². The van der Waals surface area contributed by atoms with Crippen molar-refractivity contribution >= 4 is 17.6 Å². The van der Waals surface area contributed by atoms with Crippen molar-refractivity contribution in [3.8, 4) is 0 Å². The van der Waals surface area contributed by atoms with E-state index in [4.69, 9.17) is 15.2 Å². The monoisotopic (exact) mass is 566 g/mol. The maximum Gasteiger partial charge on any atom is 0.317 e. The van der Waals surface area contributed by atoms with Gasteiger partial charge in [0.1, 0.15) is 18.9 Å². The summed E-state index contributed by atoms with van der Waals surface area (Å²) in [6, 6.07) is -0.480. The predicted molar refractivity (Wildman–Crippen MR) is 161 cm³/mol. The quantitative estimate of drug-likeness (QED) is 0.315. The number of hydrogen-bond donors (Lipinski definition) is 3. The Kier molecular flexibility index (Phi) is 11.5. The Hall–Kier alpha value is -3.53. The SMILES string of the molecule is CCCN(CCC)CCCN(CC1C=CC(C(=O)NC2CC=CC=C2N)=NC1)C(=O)NC1C=C2OCCOC2=CC1. The topological polar surface area (TPSA) is 122 Å². The van der Waals surface area contributed by atoms with Crippen LogP contribution in [0.25, 0.3) is 0 Å². The number of nitrogens with one attached hydrogen (secondary N) is 2. The zero-order valence-corrected chi connectivity index (χ0v) is 24.5. The van der Waals surface area contributed by atoms with E-state index in [2.05, 4.69) is 34.4 Å². The number of hydrogen-bond acceptors (Lipinski definition) is 7. The first kappa shape index (κ1) is 30.4. The van der Waals surface area contributed by atoms with Crippen molar-refractivity contribution in [1.29, 1.82) is 0 Å². The van der Waals surface area contributed by atoms with Crippen LogP contribution in [-0.4, -0.2) is 92.0 Å². The number of dihydropyridines is 1. The van der Waals surface area contributed by atoms with E-state index in [0.717, 1.165) is 44.7 Å². The first-order valence-electron chi connectivity index (χ1n) is 15.1. The molecule has 10 nitrogen and oxygen atoms in total. The van der Waals surface area contributed by atoms with Crippen LogP contribution in [0.3, 0.4) is 0 Å². The molecule has 3 atom stereocenters. The molecule has 4 rings (SSSR count). The molecule has 2 aliphatic heterocycles. The minimum Gasteiger partial charge on any atom is -0.486 e. The van der Waals surface area contributed by atoms with Gasteiger partial charge in [-0.3, -0.25) is 9.79 Å². The van der Waals surface area contributed by atoms with E-state index in [1.165, 1.54) is 0 Å². The van der Waals surface area contributed by atoms with Gasteiger partial charge in [0.15, 0.2) is 11.5 Å². The van der Waals surface area contributed by atoms with Gasteiger partial charge in [0.2, 0.25) is 0 Å². The van der Waals surface area contributed by atoms with Crippen LogP contribution in [-0.2, 0) is 14.3 Å². The number of rotatable bonds is 13. The lowest BCUT2D eigenvalue weighted by Crippen LogP contribution is -2.48. The van der Waals surface area contributed by atoms with Crippen molar-refractivity contribution in [2.24, 2.45) is 16.6 Å². The predicted octanol–water partition coefficient (Wildman–Crippen LogP) is 3.01. The molecule has 41 heavy (non-hydrogen) atoms. The standard InChI is InChI=1S/C31H46N6O4/c1-3-14-36(15-4-2)16-7-17-37(31(39)34-24-11-13-28-29(20-24)41-19-18-40-28)22-23-10-12-27(33-21-23)30(38)35-26-9-6-5-8-25(26)32/h5-6,8,10,12-13,20,23-24,26H,3-4,7,9,11,14-19,21-22,32H2,1-2H3,(H,34,39)(H,35,38). The highest BCUT2D eigenvalue weighted by Gasteiger charge is 2.26. The van der Waals surface area contributed by atoms with E-state index in [1.807, 2.05) is 35.3 Å². The Morgan fingerprint density at radius 2 is 1.83 bits per heavy atom. The molecule has 224 valence electrons. The van der Waals surface area contributed by atoms with Crippen molar-refractivity contribution in [2.45, 2.75) is 58.0 Å². The van der Waals surface area contributed by atoms with Crippen molar-refractivity contribution < 1.29 is 19.1 Å². The summed E-state index contributed by atoms with van der Waals surface area (Å²) in [5.74, 6) is 1.25. The Balaban J connectivity index is 1.34.